The summed E-state index contributed by atoms with van der Waals surface area (Å²) in [7, 11) is 0. The quantitative estimate of drug-likeness (QED) is 0.751. The van der Waals surface area contributed by atoms with Crippen LogP contribution in [0.5, 0.6) is 0 Å². The number of anilines is 1. The maximum atomic E-state index is 13.2. The maximum absolute atomic E-state index is 13.2. The Bertz CT molecular complexity index is 1020. The van der Waals surface area contributed by atoms with Gasteiger partial charge in [0.25, 0.3) is 0 Å². The van der Waals surface area contributed by atoms with Gasteiger partial charge in [0.15, 0.2) is 5.43 Å². The van der Waals surface area contributed by atoms with Gasteiger partial charge in [-0.05, 0) is 44.0 Å². The van der Waals surface area contributed by atoms with Gasteiger partial charge in [-0.2, -0.15) is 0 Å². The largest absolute Gasteiger partial charge is 0.360 e. The number of para-hydroxylation sites is 1. The van der Waals surface area contributed by atoms with E-state index in [1.807, 2.05) is 13.8 Å². The van der Waals surface area contributed by atoms with Crippen molar-refractivity contribution in [2.45, 2.75) is 27.3 Å². The summed E-state index contributed by atoms with van der Waals surface area (Å²) in [5, 5.41) is 0.859. The second-order valence-corrected chi connectivity index (χ2v) is 7.76. The fourth-order valence-corrected chi connectivity index (χ4v) is 4.21. The number of quaternary nitrogens is 1. The summed E-state index contributed by atoms with van der Waals surface area (Å²) in [5.41, 5.74) is 6.64. The number of piperazine rings is 1. The molecule has 0 aliphatic carbocycles. The van der Waals surface area contributed by atoms with Gasteiger partial charge >= 0.3 is 0 Å². The van der Waals surface area contributed by atoms with Crippen LogP contribution in [0.4, 0.5) is 5.69 Å². The molecule has 0 amide bonds. The first-order chi connectivity index (χ1) is 13.0. The van der Waals surface area contributed by atoms with E-state index in [2.05, 4.69) is 59.3 Å². The second kappa shape index (κ2) is 7.20. The van der Waals surface area contributed by atoms with Crippen molar-refractivity contribution in [2.24, 2.45) is 0 Å². The van der Waals surface area contributed by atoms with E-state index in [1.54, 1.807) is 0 Å². The fourth-order valence-electron chi connectivity index (χ4n) is 4.21. The van der Waals surface area contributed by atoms with Gasteiger partial charge < -0.3 is 14.8 Å². The second-order valence-electron chi connectivity index (χ2n) is 7.76. The number of benzene rings is 2. The molecule has 4 nitrogen and oxygen atoms in total. The van der Waals surface area contributed by atoms with E-state index in [-0.39, 0.29) is 5.43 Å². The lowest BCUT2D eigenvalue weighted by atomic mass is 10.0. The summed E-state index contributed by atoms with van der Waals surface area (Å²) in [6.07, 6.45) is 0. The number of fused-ring (bicyclic) bond motifs is 1. The Hall–Kier alpha value is -2.59. The number of H-pyrrole nitrogens is 1. The average Bonchev–Trinajstić information content (AvgIpc) is 2.69. The highest BCUT2D eigenvalue weighted by molar-refractivity contribution is 5.85. The third-order valence-electron chi connectivity index (χ3n) is 5.91. The molecule has 2 N–H and O–H groups in total. The van der Waals surface area contributed by atoms with Gasteiger partial charge in [0.1, 0.15) is 6.54 Å². The summed E-state index contributed by atoms with van der Waals surface area (Å²) < 4.78 is 0. The van der Waals surface area contributed by atoms with E-state index in [0.29, 0.717) is 0 Å². The molecule has 0 saturated carbocycles. The van der Waals surface area contributed by atoms with Crippen molar-refractivity contribution in [1.29, 1.82) is 0 Å². The lowest BCUT2D eigenvalue weighted by Gasteiger charge is -2.33. The number of hydrogen-bond acceptors (Lipinski definition) is 2. The number of aromatic nitrogens is 1. The van der Waals surface area contributed by atoms with Crippen molar-refractivity contribution in [3.63, 3.8) is 0 Å². The van der Waals surface area contributed by atoms with Crippen LogP contribution in [0.2, 0.25) is 0 Å². The fraction of sp³-hybridized carbons (Fsp3) is 0.348. The lowest BCUT2D eigenvalue weighted by molar-refractivity contribution is -0.914. The van der Waals surface area contributed by atoms with E-state index in [4.69, 9.17) is 0 Å². The van der Waals surface area contributed by atoms with E-state index in [0.717, 1.165) is 66.0 Å². The number of rotatable bonds is 3. The molecule has 4 heteroatoms. The van der Waals surface area contributed by atoms with Crippen LogP contribution in [0.15, 0.2) is 47.3 Å². The van der Waals surface area contributed by atoms with Crippen LogP contribution >= 0.6 is 0 Å². The Morgan fingerprint density at radius 3 is 2.33 bits per heavy atom. The van der Waals surface area contributed by atoms with Crippen molar-refractivity contribution in [3.8, 4) is 0 Å². The van der Waals surface area contributed by atoms with Crippen LogP contribution in [0.25, 0.3) is 10.9 Å². The smallest absolute Gasteiger partial charge is 0.198 e. The summed E-state index contributed by atoms with van der Waals surface area (Å²) in [4.78, 5) is 20.7. The molecule has 0 radical (unpaired) electrons. The normalized spacial score (nSPS) is 15.4. The van der Waals surface area contributed by atoms with Gasteiger partial charge in [-0.25, -0.2) is 0 Å². The Morgan fingerprint density at radius 2 is 1.63 bits per heavy atom. The van der Waals surface area contributed by atoms with E-state index in [1.165, 1.54) is 10.6 Å². The predicted octanol–water partition coefficient (Wildman–Crippen LogP) is 2.36. The van der Waals surface area contributed by atoms with E-state index < -0.39 is 0 Å². The number of aryl methyl sites for hydroxylation is 3. The zero-order valence-electron chi connectivity index (χ0n) is 16.4. The number of nitrogens with zero attached hydrogens (tertiary/aromatic N) is 1. The van der Waals surface area contributed by atoms with Crippen molar-refractivity contribution in [3.05, 3.63) is 75.1 Å². The molecule has 0 spiro atoms. The Labute approximate surface area is 160 Å². The predicted molar refractivity (Wildman–Crippen MR) is 112 cm³/mol. The molecule has 2 heterocycles. The van der Waals surface area contributed by atoms with Gasteiger partial charge in [-0.1, -0.05) is 30.3 Å². The summed E-state index contributed by atoms with van der Waals surface area (Å²) in [5.74, 6) is 0. The molecule has 140 valence electrons. The molecule has 1 aliphatic heterocycles. The highest BCUT2D eigenvalue weighted by Crippen LogP contribution is 2.19. The number of hydrogen-bond donors (Lipinski definition) is 2. The van der Waals surface area contributed by atoms with E-state index >= 15 is 0 Å². The SMILES string of the molecule is Cc1[nH]c2c(C)ccc(C)c2c(=O)c1C[NH+]1CCN(c2ccccc2)CC1. The van der Waals surface area contributed by atoms with Crippen LogP contribution in [0, 0.1) is 20.8 Å². The summed E-state index contributed by atoms with van der Waals surface area (Å²) in [6.45, 7) is 11.1. The van der Waals surface area contributed by atoms with E-state index in [9.17, 15) is 4.79 Å². The molecular weight excluding hydrogens is 334 g/mol. The molecule has 0 unspecified atom stereocenters. The number of nitrogens with one attached hydrogen (secondary N) is 2. The molecule has 1 saturated heterocycles. The van der Waals surface area contributed by atoms with Gasteiger partial charge in [-0.15, -0.1) is 0 Å². The molecule has 1 aliphatic rings. The van der Waals surface area contributed by atoms with Crippen molar-refractivity contribution in [2.75, 3.05) is 31.1 Å². The maximum Gasteiger partial charge on any atom is 0.198 e. The Kier molecular flexibility index (Phi) is 4.75. The number of pyridine rings is 1. The first kappa shape index (κ1) is 17.8. The molecule has 27 heavy (non-hydrogen) atoms. The molecule has 0 bridgehead atoms. The third-order valence-corrected chi connectivity index (χ3v) is 5.91. The lowest BCUT2D eigenvalue weighted by Crippen LogP contribution is -3.13. The van der Waals surface area contributed by atoms with Crippen LogP contribution in [-0.2, 0) is 6.54 Å². The standard InChI is InChI=1S/C23H27N3O/c1-16-9-10-17(2)22-21(16)23(27)20(18(3)24-22)15-25-11-13-26(14-12-25)19-7-5-4-6-8-19/h4-10H,11-15H2,1-3H3,(H,24,27)/p+1. The zero-order chi connectivity index (χ0) is 19.0. The molecule has 3 aromatic rings. The third kappa shape index (κ3) is 3.37. The molecule has 2 aromatic carbocycles. The monoisotopic (exact) mass is 362 g/mol. The molecular formula is C23H28N3O+. The first-order valence-corrected chi connectivity index (χ1v) is 9.80. The minimum atomic E-state index is 0.209. The van der Waals surface area contributed by atoms with Gasteiger partial charge in [0.05, 0.1) is 37.3 Å². The average molecular weight is 362 g/mol. The number of aromatic amines is 1. The van der Waals surface area contributed by atoms with Gasteiger partial charge in [-0.3, -0.25) is 4.79 Å². The molecule has 4 rings (SSSR count). The highest BCUT2D eigenvalue weighted by atomic mass is 16.1. The molecule has 1 fully saturated rings. The van der Waals surface area contributed by atoms with Crippen LogP contribution in [0.1, 0.15) is 22.4 Å². The van der Waals surface area contributed by atoms with Crippen molar-refractivity contribution < 1.29 is 4.90 Å². The topological polar surface area (TPSA) is 40.5 Å². The zero-order valence-corrected chi connectivity index (χ0v) is 16.4. The Balaban J connectivity index is 1.56. The minimum absolute atomic E-state index is 0.209. The van der Waals surface area contributed by atoms with Crippen LogP contribution in [-0.4, -0.2) is 31.2 Å². The van der Waals surface area contributed by atoms with Crippen molar-refractivity contribution >= 4 is 16.6 Å². The highest BCUT2D eigenvalue weighted by Gasteiger charge is 2.23. The van der Waals surface area contributed by atoms with Crippen LogP contribution < -0.4 is 15.2 Å². The minimum Gasteiger partial charge on any atom is -0.360 e. The van der Waals surface area contributed by atoms with Crippen molar-refractivity contribution in [1.82, 2.24) is 4.98 Å². The van der Waals surface area contributed by atoms with Gasteiger partial charge in [0, 0.05) is 16.8 Å². The summed E-state index contributed by atoms with van der Waals surface area (Å²) >= 11 is 0. The Morgan fingerprint density at radius 1 is 0.963 bits per heavy atom. The first-order valence-electron chi connectivity index (χ1n) is 9.80. The van der Waals surface area contributed by atoms with Gasteiger partial charge in [0.2, 0.25) is 0 Å². The van der Waals surface area contributed by atoms with Crippen LogP contribution in [0.3, 0.4) is 0 Å². The molecule has 0 atom stereocenters. The molecule has 1 aromatic heterocycles. The summed E-state index contributed by atoms with van der Waals surface area (Å²) in [6, 6.07) is 14.7.